The number of carbonyl (C=O) groups is 1. The van der Waals surface area contributed by atoms with Crippen LogP contribution in [0, 0.1) is 6.92 Å². The highest BCUT2D eigenvalue weighted by atomic mass is 35.5. The first-order chi connectivity index (χ1) is 17.5. The molecule has 1 aliphatic heterocycles. The van der Waals surface area contributed by atoms with Gasteiger partial charge in [0.05, 0.1) is 5.52 Å². The van der Waals surface area contributed by atoms with Gasteiger partial charge in [0, 0.05) is 47.2 Å². The lowest BCUT2D eigenvalue weighted by atomic mass is 10.1. The van der Waals surface area contributed by atoms with Gasteiger partial charge < -0.3 is 9.80 Å². The average Bonchev–Trinajstić information content (AvgIpc) is 3.34. The Balaban J connectivity index is 1.44. The number of benzene rings is 3. The smallest absolute Gasteiger partial charge is 0.254 e. The van der Waals surface area contributed by atoms with Crippen LogP contribution in [0.15, 0.2) is 72.8 Å². The number of hydrogen-bond donors (Lipinski definition) is 0. The standard InChI is InChI=1S/C28H25ClN6O/c1-18-8-10-20(11-9-18)25-31-32-26-23-13-12-22(29)16-24(23)30-28(35(25)26)33-14-15-34(19(2)17-33)27(36)21-6-4-3-5-7-21/h3-13,16,19H,14-15,17H2,1-2H3. The van der Waals surface area contributed by atoms with Gasteiger partial charge in [-0.05, 0) is 44.2 Å². The molecule has 180 valence electrons. The molecule has 1 atom stereocenters. The Hall–Kier alpha value is -3.97. The number of anilines is 1. The molecule has 1 unspecified atom stereocenters. The molecule has 0 radical (unpaired) electrons. The number of aromatic nitrogens is 4. The van der Waals surface area contributed by atoms with Crippen molar-refractivity contribution in [1.29, 1.82) is 0 Å². The fraction of sp³-hybridized carbons (Fsp3) is 0.214. The molecule has 7 nitrogen and oxygen atoms in total. The van der Waals surface area contributed by atoms with Gasteiger partial charge in [0.25, 0.3) is 5.91 Å². The molecule has 6 rings (SSSR count). The highest BCUT2D eigenvalue weighted by molar-refractivity contribution is 6.31. The summed E-state index contributed by atoms with van der Waals surface area (Å²) in [6.07, 6.45) is 0. The van der Waals surface area contributed by atoms with Gasteiger partial charge >= 0.3 is 0 Å². The van der Waals surface area contributed by atoms with E-state index in [2.05, 4.69) is 53.2 Å². The van der Waals surface area contributed by atoms with Crippen molar-refractivity contribution in [2.75, 3.05) is 24.5 Å². The van der Waals surface area contributed by atoms with Crippen molar-refractivity contribution in [2.45, 2.75) is 19.9 Å². The number of fused-ring (bicyclic) bond motifs is 3. The zero-order valence-electron chi connectivity index (χ0n) is 20.1. The minimum atomic E-state index is -0.00216. The molecule has 1 amide bonds. The second-order valence-corrected chi connectivity index (χ2v) is 9.72. The number of rotatable bonds is 3. The van der Waals surface area contributed by atoms with E-state index in [0.29, 0.717) is 30.2 Å². The first kappa shape index (κ1) is 22.5. The molecule has 0 bridgehead atoms. The van der Waals surface area contributed by atoms with Crippen molar-refractivity contribution in [2.24, 2.45) is 0 Å². The van der Waals surface area contributed by atoms with Crippen LogP contribution in [0.3, 0.4) is 0 Å². The molecule has 3 aromatic carbocycles. The SMILES string of the molecule is Cc1ccc(-c2nnc3c4ccc(Cl)cc4nc(N4CCN(C(=O)c5ccccc5)C(C)C4)n23)cc1. The van der Waals surface area contributed by atoms with Crippen molar-refractivity contribution in [3.05, 3.63) is 88.9 Å². The number of aryl methyl sites for hydroxylation is 1. The Kier molecular flexibility index (Phi) is 5.57. The van der Waals surface area contributed by atoms with Gasteiger partial charge in [-0.3, -0.25) is 4.79 Å². The van der Waals surface area contributed by atoms with Crippen LogP contribution in [0.1, 0.15) is 22.8 Å². The van der Waals surface area contributed by atoms with E-state index >= 15 is 0 Å². The Morgan fingerprint density at radius 1 is 0.972 bits per heavy atom. The number of halogens is 1. The summed E-state index contributed by atoms with van der Waals surface area (Å²) in [5.74, 6) is 1.54. The van der Waals surface area contributed by atoms with Crippen LogP contribution in [-0.4, -0.2) is 56.1 Å². The summed E-state index contributed by atoms with van der Waals surface area (Å²) >= 11 is 6.32. The molecule has 1 aliphatic rings. The monoisotopic (exact) mass is 496 g/mol. The van der Waals surface area contributed by atoms with Gasteiger partial charge in [0.15, 0.2) is 11.5 Å². The van der Waals surface area contributed by atoms with Crippen LogP contribution in [0.2, 0.25) is 5.02 Å². The highest BCUT2D eigenvalue weighted by Crippen LogP contribution is 2.31. The van der Waals surface area contributed by atoms with Crippen LogP contribution in [0.25, 0.3) is 27.9 Å². The third-order valence-electron chi connectivity index (χ3n) is 6.79. The van der Waals surface area contributed by atoms with E-state index in [0.717, 1.165) is 33.9 Å². The Labute approximate surface area is 214 Å². The maximum absolute atomic E-state index is 13.2. The molecule has 0 aliphatic carbocycles. The molecule has 36 heavy (non-hydrogen) atoms. The quantitative estimate of drug-likeness (QED) is 0.341. The van der Waals surface area contributed by atoms with Gasteiger partial charge in [0.1, 0.15) is 0 Å². The number of piperazine rings is 1. The summed E-state index contributed by atoms with van der Waals surface area (Å²) in [4.78, 5) is 22.4. The van der Waals surface area contributed by atoms with Crippen LogP contribution in [-0.2, 0) is 0 Å². The lowest BCUT2D eigenvalue weighted by Crippen LogP contribution is -2.54. The fourth-order valence-electron chi connectivity index (χ4n) is 4.88. The number of carbonyl (C=O) groups excluding carboxylic acids is 1. The predicted molar refractivity (Wildman–Crippen MR) is 143 cm³/mol. The Morgan fingerprint density at radius 3 is 2.50 bits per heavy atom. The van der Waals surface area contributed by atoms with Crippen molar-refractivity contribution in [1.82, 2.24) is 24.5 Å². The summed E-state index contributed by atoms with van der Waals surface area (Å²) in [5, 5.41) is 10.7. The van der Waals surface area contributed by atoms with Crippen molar-refractivity contribution in [3.63, 3.8) is 0 Å². The fourth-order valence-corrected chi connectivity index (χ4v) is 5.05. The third-order valence-corrected chi connectivity index (χ3v) is 7.02. The van der Waals surface area contributed by atoms with E-state index < -0.39 is 0 Å². The zero-order valence-corrected chi connectivity index (χ0v) is 20.9. The molecule has 0 spiro atoms. The van der Waals surface area contributed by atoms with E-state index in [4.69, 9.17) is 16.6 Å². The summed E-state index contributed by atoms with van der Waals surface area (Å²) in [6, 6.07) is 23.3. The molecule has 0 N–H and O–H groups in total. The van der Waals surface area contributed by atoms with Crippen LogP contribution < -0.4 is 4.90 Å². The molecular weight excluding hydrogens is 472 g/mol. The van der Waals surface area contributed by atoms with Crippen molar-refractivity contribution >= 4 is 40.0 Å². The molecule has 8 heteroatoms. The Bertz CT molecular complexity index is 1580. The molecule has 0 saturated carbocycles. The summed E-state index contributed by atoms with van der Waals surface area (Å²) in [5.41, 5.74) is 4.36. The van der Waals surface area contributed by atoms with Gasteiger partial charge in [-0.15, -0.1) is 10.2 Å². The number of amides is 1. The minimum absolute atomic E-state index is 0.00216. The second-order valence-electron chi connectivity index (χ2n) is 9.28. The van der Waals surface area contributed by atoms with E-state index in [1.165, 1.54) is 5.56 Å². The normalized spacial score (nSPS) is 16.1. The summed E-state index contributed by atoms with van der Waals surface area (Å²) in [6.45, 7) is 6.01. The van der Waals surface area contributed by atoms with Gasteiger partial charge in [-0.2, -0.15) is 0 Å². The van der Waals surface area contributed by atoms with E-state index in [9.17, 15) is 4.79 Å². The number of hydrogen-bond acceptors (Lipinski definition) is 5. The average molecular weight is 497 g/mol. The molecular formula is C28H25ClN6O. The van der Waals surface area contributed by atoms with Gasteiger partial charge in [0.2, 0.25) is 5.95 Å². The van der Waals surface area contributed by atoms with Crippen LogP contribution in [0.4, 0.5) is 5.95 Å². The van der Waals surface area contributed by atoms with Crippen molar-refractivity contribution in [3.8, 4) is 11.4 Å². The first-order valence-corrected chi connectivity index (χ1v) is 12.4. The topological polar surface area (TPSA) is 66.6 Å². The summed E-state index contributed by atoms with van der Waals surface area (Å²) in [7, 11) is 0. The third kappa shape index (κ3) is 3.85. The lowest BCUT2D eigenvalue weighted by Gasteiger charge is -2.40. The predicted octanol–water partition coefficient (Wildman–Crippen LogP) is 5.26. The van der Waals surface area contributed by atoms with Crippen molar-refractivity contribution < 1.29 is 4.79 Å². The zero-order chi connectivity index (χ0) is 24.8. The molecule has 1 saturated heterocycles. The second kappa shape index (κ2) is 8.91. The summed E-state index contributed by atoms with van der Waals surface area (Å²) < 4.78 is 2.03. The Morgan fingerprint density at radius 2 is 1.75 bits per heavy atom. The molecule has 2 aromatic heterocycles. The number of nitrogens with zero attached hydrogens (tertiary/aromatic N) is 6. The van der Waals surface area contributed by atoms with E-state index in [1.54, 1.807) is 0 Å². The molecule has 1 fully saturated rings. The van der Waals surface area contributed by atoms with E-state index in [-0.39, 0.29) is 11.9 Å². The van der Waals surface area contributed by atoms with Gasteiger partial charge in [-0.25, -0.2) is 9.38 Å². The van der Waals surface area contributed by atoms with E-state index in [1.807, 2.05) is 57.8 Å². The highest BCUT2D eigenvalue weighted by Gasteiger charge is 2.31. The maximum atomic E-state index is 13.2. The minimum Gasteiger partial charge on any atom is -0.338 e. The van der Waals surface area contributed by atoms with Crippen LogP contribution in [0.5, 0.6) is 0 Å². The largest absolute Gasteiger partial charge is 0.338 e. The maximum Gasteiger partial charge on any atom is 0.254 e. The van der Waals surface area contributed by atoms with Crippen LogP contribution >= 0.6 is 11.6 Å². The first-order valence-electron chi connectivity index (χ1n) is 12.0. The lowest BCUT2D eigenvalue weighted by molar-refractivity contribution is 0.0673. The van der Waals surface area contributed by atoms with Gasteiger partial charge in [-0.1, -0.05) is 59.6 Å². The molecule has 3 heterocycles. The molecule has 5 aromatic rings.